The maximum absolute atomic E-state index is 13.9. The number of hydrogen-bond acceptors (Lipinski definition) is 8. The molecule has 0 spiro atoms. The number of benzene rings is 1. The van der Waals surface area contributed by atoms with Crippen LogP contribution in [-0.4, -0.2) is 96.4 Å². The van der Waals surface area contributed by atoms with Crippen LogP contribution in [0.25, 0.3) is 10.1 Å². The number of ether oxygens (including phenoxy) is 2. The summed E-state index contributed by atoms with van der Waals surface area (Å²) in [6.07, 6.45) is 4.75. The van der Waals surface area contributed by atoms with Crippen molar-refractivity contribution in [1.82, 2.24) is 19.7 Å². The highest BCUT2D eigenvalue weighted by atomic mass is 32.1. The number of piperidine rings is 1. The van der Waals surface area contributed by atoms with Gasteiger partial charge in [0, 0.05) is 74.3 Å². The van der Waals surface area contributed by atoms with Gasteiger partial charge in [-0.3, -0.25) is 14.7 Å². The van der Waals surface area contributed by atoms with Gasteiger partial charge in [-0.15, -0.1) is 11.3 Å². The van der Waals surface area contributed by atoms with Crippen LogP contribution in [0.4, 0.5) is 14.2 Å². The number of nitrogens with one attached hydrogen (secondary N) is 1. The lowest BCUT2D eigenvalue weighted by molar-refractivity contribution is -0.0101. The molecular formula is C30H38FN5O4S. The van der Waals surface area contributed by atoms with E-state index in [2.05, 4.69) is 15.2 Å². The third-order valence-electron chi connectivity index (χ3n) is 7.84. The van der Waals surface area contributed by atoms with Crippen molar-refractivity contribution in [2.45, 2.75) is 44.9 Å². The van der Waals surface area contributed by atoms with Crippen LogP contribution in [0.1, 0.15) is 42.6 Å². The molecule has 2 aliphatic heterocycles. The Hall–Kier alpha value is -3.44. The van der Waals surface area contributed by atoms with Crippen LogP contribution in [0.5, 0.6) is 5.75 Å². The van der Waals surface area contributed by atoms with Crippen LogP contribution >= 0.6 is 11.3 Å². The number of rotatable bonds is 8. The number of thiophene rings is 1. The minimum Gasteiger partial charge on any atom is -0.497 e. The minimum absolute atomic E-state index is 0.0224. The molecule has 1 aromatic carbocycles. The molecule has 220 valence electrons. The number of aromatic nitrogens is 1. The smallest absolute Gasteiger partial charge is 0.410 e. The molecule has 2 aliphatic rings. The number of carbonyl (C=O) groups is 2. The maximum Gasteiger partial charge on any atom is 0.410 e. The Labute approximate surface area is 244 Å². The van der Waals surface area contributed by atoms with Crippen LogP contribution in [0.2, 0.25) is 0 Å². The second-order valence-corrected chi connectivity index (χ2v) is 12.2. The quantitative estimate of drug-likeness (QED) is 0.398. The zero-order valence-corrected chi connectivity index (χ0v) is 24.7. The van der Waals surface area contributed by atoms with Crippen molar-refractivity contribution in [2.75, 3.05) is 58.4 Å². The zero-order valence-electron chi connectivity index (χ0n) is 23.9. The molecular weight excluding hydrogens is 545 g/mol. The van der Waals surface area contributed by atoms with Gasteiger partial charge in [0.25, 0.3) is 5.91 Å². The lowest BCUT2D eigenvalue weighted by atomic mass is 10.0. The van der Waals surface area contributed by atoms with Crippen molar-refractivity contribution < 1.29 is 23.5 Å². The number of carbonyl (C=O) groups excluding carboxylic acids is 2. The van der Waals surface area contributed by atoms with Crippen LogP contribution in [0.3, 0.4) is 0 Å². The maximum atomic E-state index is 13.9. The molecule has 3 aromatic rings. The number of hydrogen-bond donors (Lipinski definition) is 1. The molecule has 2 amide bonds. The molecule has 4 heterocycles. The molecule has 0 saturated carbocycles. The summed E-state index contributed by atoms with van der Waals surface area (Å²) in [5.41, 5.74) is 0.674. The van der Waals surface area contributed by atoms with E-state index in [9.17, 15) is 14.0 Å². The Bertz CT molecular complexity index is 1350. The lowest BCUT2D eigenvalue weighted by Crippen LogP contribution is -2.55. The predicted octanol–water partition coefficient (Wildman–Crippen LogP) is 5.02. The molecule has 2 saturated heterocycles. The SMILES string of the molecule is COc1ccc(CNc2sc3ccncc3c2C(=O)N2CCN(C3CCN(C(=O)OC(C)(C)CF)CC3)CC2)cc1. The highest BCUT2D eigenvalue weighted by Crippen LogP contribution is 2.37. The molecule has 0 radical (unpaired) electrons. The number of likely N-dealkylation sites (tertiary alicyclic amines) is 1. The molecule has 11 heteroatoms. The molecule has 0 bridgehead atoms. The van der Waals surface area contributed by atoms with Gasteiger partial charge in [0.15, 0.2) is 0 Å². The number of methoxy groups -OCH3 is 1. The van der Waals surface area contributed by atoms with E-state index in [1.807, 2.05) is 35.2 Å². The summed E-state index contributed by atoms with van der Waals surface area (Å²) in [4.78, 5) is 36.6. The van der Waals surface area contributed by atoms with E-state index in [0.29, 0.717) is 44.3 Å². The largest absolute Gasteiger partial charge is 0.497 e. The third-order valence-corrected chi connectivity index (χ3v) is 8.97. The van der Waals surface area contributed by atoms with Crippen molar-refractivity contribution in [3.05, 3.63) is 53.9 Å². The van der Waals surface area contributed by atoms with Crippen molar-refractivity contribution in [3.8, 4) is 5.75 Å². The Kier molecular flexibility index (Phi) is 8.94. The van der Waals surface area contributed by atoms with E-state index in [1.54, 1.807) is 49.6 Å². The fourth-order valence-electron chi connectivity index (χ4n) is 5.39. The van der Waals surface area contributed by atoms with Crippen LogP contribution in [0.15, 0.2) is 42.7 Å². The molecule has 2 aromatic heterocycles. The van der Waals surface area contributed by atoms with Gasteiger partial charge in [0.05, 0.1) is 12.7 Å². The summed E-state index contributed by atoms with van der Waals surface area (Å²) >= 11 is 1.58. The highest BCUT2D eigenvalue weighted by molar-refractivity contribution is 7.23. The van der Waals surface area contributed by atoms with Gasteiger partial charge in [-0.05, 0) is 50.5 Å². The van der Waals surface area contributed by atoms with Gasteiger partial charge in [-0.25, -0.2) is 9.18 Å². The third kappa shape index (κ3) is 6.73. The number of anilines is 1. The number of nitrogens with zero attached hydrogens (tertiary/aromatic N) is 4. The van der Waals surface area contributed by atoms with Crippen molar-refractivity contribution in [2.24, 2.45) is 0 Å². The highest BCUT2D eigenvalue weighted by Gasteiger charge is 2.33. The number of pyridine rings is 1. The predicted molar refractivity (Wildman–Crippen MR) is 159 cm³/mol. The van der Waals surface area contributed by atoms with E-state index < -0.39 is 18.4 Å². The first-order valence-electron chi connectivity index (χ1n) is 14.1. The number of piperazine rings is 1. The van der Waals surface area contributed by atoms with Crippen molar-refractivity contribution >= 4 is 38.4 Å². The monoisotopic (exact) mass is 583 g/mol. The Morgan fingerprint density at radius 3 is 2.41 bits per heavy atom. The normalized spacial score (nSPS) is 17.1. The van der Waals surface area contributed by atoms with Crippen LogP contribution < -0.4 is 10.1 Å². The van der Waals surface area contributed by atoms with Gasteiger partial charge in [0.2, 0.25) is 0 Å². The fraction of sp³-hybridized carbons (Fsp3) is 0.500. The topological polar surface area (TPSA) is 87.2 Å². The molecule has 1 N–H and O–H groups in total. The molecule has 9 nitrogen and oxygen atoms in total. The number of alkyl halides is 1. The van der Waals surface area contributed by atoms with Gasteiger partial charge < -0.3 is 24.6 Å². The van der Waals surface area contributed by atoms with Crippen LogP contribution in [0, 0.1) is 0 Å². The standard InChI is InChI=1S/C30H38FN5O4S/c1-30(2,20-31)40-29(38)36-12-9-22(10-13-36)34-14-16-35(17-15-34)28(37)26-24-19-32-11-8-25(24)41-27(26)33-18-21-4-6-23(39-3)7-5-21/h4-8,11,19,22,33H,9-10,12-18,20H2,1-3H3. The average Bonchev–Trinajstić information content (AvgIpc) is 3.38. The summed E-state index contributed by atoms with van der Waals surface area (Å²) in [6, 6.07) is 10.2. The molecule has 5 rings (SSSR count). The number of amides is 2. The van der Waals surface area contributed by atoms with E-state index in [4.69, 9.17) is 9.47 Å². The second kappa shape index (κ2) is 12.6. The summed E-state index contributed by atoms with van der Waals surface area (Å²) in [5, 5.41) is 5.22. The van der Waals surface area contributed by atoms with Crippen molar-refractivity contribution in [1.29, 1.82) is 0 Å². The van der Waals surface area contributed by atoms with E-state index in [1.165, 1.54) is 0 Å². The Morgan fingerprint density at radius 2 is 1.76 bits per heavy atom. The average molecular weight is 584 g/mol. The van der Waals surface area contributed by atoms with E-state index in [-0.39, 0.29) is 5.91 Å². The van der Waals surface area contributed by atoms with Gasteiger partial charge in [-0.1, -0.05) is 12.1 Å². The second-order valence-electron chi connectivity index (χ2n) is 11.2. The van der Waals surface area contributed by atoms with E-state index >= 15 is 0 Å². The summed E-state index contributed by atoms with van der Waals surface area (Å²) in [5.74, 6) is 0.830. The lowest BCUT2D eigenvalue weighted by Gasteiger charge is -2.42. The first kappa shape index (κ1) is 29.1. The summed E-state index contributed by atoms with van der Waals surface area (Å²) in [7, 11) is 1.65. The Morgan fingerprint density at radius 1 is 1.05 bits per heavy atom. The summed E-state index contributed by atoms with van der Waals surface area (Å²) in [6.45, 7) is 7.05. The first-order chi connectivity index (χ1) is 19.8. The molecule has 0 unspecified atom stereocenters. The minimum atomic E-state index is -1.11. The molecule has 0 aliphatic carbocycles. The number of halogens is 1. The van der Waals surface area contributed by atoms with Crippen LogP contribution in [-0.2, 0) is 11.3 Å². The van der Waals surface area contributed by atoms with Gasteiger partial charge in [-0.2, -0.15) is 0 Å². The fourth-order valence-corrected chi connectivity index (χ4v) is 6.45. The summed E-state index contributed by atoms with van der Waals surface area (Å²) < 4.78 is 24.7. The molecule has 0 atom stereocenters. The Balaban J connectivity index is 1.19. The first-order valence-corrected chi connectivity index (χ1v) is 14.9. The van der Waals surface area contributed by atoms with E-state index in [0.717, 1.165) is 52.3 Å². The van der Waals surface area contributed by atoms with Gasteiger partial charge >= 0.3 is 6.09 Å². The van der Waals surface area contributed by atoms with Crippen molar-refractivity contribution in [3.63, 3.8) is 0 Å². The molecule has 41 heavy (non-hydrogen) atoms. The zero-order chi connectivity index (χ0) is 29.0. The van der Waals surface area contributed by atoms with Gasteiger partial charge in [0.1, 0.15) is 23.0 Å². The number of fused-ring (bicyclic) bond motifs is 1. The molecule has 2 fully saturated rings.